The zero-order chi connectivity index (χ0) is 13.7. The topological polar surface area (TPSA) is 64.4 Å². The third-order valence-electron chi connectivity index (χ3n) is 2.67. The molecule has 1 aromatic carbocycles. The van der Waals surface area contributed by atoms with E-state index in [0.29, 0.717) is 18.1 Å². The fraction of sp³-hybridized carbons (Fsp3) is 0.286. The highest BCUT2D eigenvalue weighted by Crippen LogP contribution is 2.21. The molecule has 5 nitrogen and oxygen atoms in total. The third-order valence-corrected chi connectivity index (χ3v) is 2.67. The molecular weight excluding hydrogens is 244 g/mol. The van der Waals surface area contributed by atoms with Crippen LogP contribution >= 0.6 is 0 Å². The maximum atomic E-state index is 11.2. The molecule has 0 spiro atoms. The highest BCUT2D eigenvalue weighted by molar-refractivity contribution is 5.74. The van der Waals surface area contributed by atoms with E-state index in [1.807, 2.05) is 31.2 Å². The van der Waals surface area contributed by atoms with E-state index < -0.39 is 0 Å². The summed E-state index contributed by atoms with van der Waals surface area (Å²) in [4.78, 5) is 19.9. The lowest BCUT2D eigenvalue weighted by Gasteiger charge is -1.99. The molecule has 0 fully saturated rings. The van der Waals surface area contributed by atoms with Crippen LogP contribution in [0.2, 0.25) is 0 Å². The van der Waals surface area contributed by atoms with E-state index in [-0.39, 0.29) is 12.3 Å². The minimum absolute atomic E-state index is 0.197. The molecule has 1 heterocycles. The van der Waals surface area contributed by atoms with Crippen LogP contribution in [-0.4, -0.2) is 18.0 Å². The first kappa shape index (κ1) is 13.3. The van der Waals surface area contributed by atoms with Gasteiger partial charge in [-0.15, -0.1) is 0 Å². The van der Waals surface area contributed by atoms with Crippen molar-refractivity contribution in [3.05, 3.63) is 41.9 Å². The van der Waals surface area contributed by atoms with Gasteiger partial charge >= 0.3 is 0 Å². The van der Waals surface area contributed by atoms with Crippen molar-refractivity contribution in [2.45, 2.75) is 19.8 Å². The van der Waals surface area contributed by atoms with E-state index in [1.54, 1.807) is 6.20 Å². The molecule has 1 amide bonds. The van der Waals surface area contributed by atoms with Gasteiger partial charge in [-0.05, 0) is 6.92 Å². The second kappa shape index (κ2) is 6.15. The molecule has 0 bridgehead atoms. The Morgan fingerprint density at radius 1 is 1.37 bits per heavy atom. The SMILES string of the molecule is CONC(=O)CCc1ncc(-c2ccc(C)cc2)o1. The number of hydrogen-bond acceptors (Lipinski definition) is 4. The molecule has 2 aromatic rings. The summed E-state index contributed by atoms with van der Waals surface area (Å²) in [6.45, 7) is 2.03. The van der Waals surface area contributed by atoms with Crippen molar-refractivity contribution in [3.8, 4) is 11.3 Å². The number of amides is 1. The maximum absolute atomic E-state index is 11.2. The number of hydrogen-bond donors (Lipinski definition) is 1. The number of aryl methyl sites for hydroxylation is 2. The van der Waals surface area contributed by atoms with Gasteiger partial charge in [0, 0.05) is 18.4 Å². The van der Waals surface area contributed by atoms with Crippen LogP contribution in [0.3, 0.4) is 0 Å². The van der Waals surface area contributed by atoms with Gasteiger partial charge in [0.05, 0.1) is 13.3 Å². The Morgan fingerprint density at radius 3 is 2.79 bits per heavy atom. The van der Waals surface area contributed by atoms with Gasteiger partial charge in [0.25, 0.3) is 0 Å². The number of aromatic nitrogens is 1. The Hall–Kier alpha value is -2.14. The van der Waals surface area contributed by atoms with Crippen molar-refractivity contribution >= 4 is 5.91 Å². The Bertz CT molecular complexity index is 546. The Kier molecular flexibility index (Phi) is 4.30. The van der Waals surface area contributed by atoms with Gasteiger partial charge in [-0.25, -0.2) is 10.5 Å². The summed E-state index contributed by atoms with van der Waals surface area (Å²) in [5, 5.41) is 0. The normalized spacial score (nSPS) is 10.4. The van der Waals surface area contributed by atoms with Crippen LogP contribution in [-0.2, 0) is 16.1 Å². The molecule has 0 radical (unpaired) electrons. The van der Waals surface area contributed by atoms with Crippen molar-refractivity contribution in [2.75, 3.05) is 7.11 Å². The van der Waals surface area contributed by atoms with Crippen molar-refractivity contribution < 1.29 is 14.0 Å². The number of hydroxylamine groups is 1. The van der Waals surface area contributed by atoms with Crippen LogP contribution in [0.4, 0.5) is 0 Å². The van der Waals surface area contributed by atoms with Crippen LogP contribution in [0.5, 0.6) is 0 Å². The van der Waals surface area contributed by atoms with Gasteiger partial charge in [-0.3, -0.25) is 9.63 Å². The molecule has 1 aromatic heterocycles. The number of nitrogens with zero attached hydrogens (tertiary/aromatic N) is 1. The monoisotopic (exact) mass is 260 g/mol. The van der Waals surface area contributed by atoms with Gasteiger partial charge in [-0.2, -0.15) is 0 Å². The van der Waals surface area contributed by atoms with Gasteiger partial charge in [0.15, 0.2) is 11.7 Å². The molecule has 5 heteroatoms. The first-order valence-corrected chi connectivity index (χ1v) is 6.02. The largest absolute Gasteiger partial charge is 0.441 e. The molecule has 0 aliphatic rings. The van der Waals surface area contributed by atoms with Crippen molar-refractivity contribution in [2.24, 2.45) is 0 Å². The summed E-state index contributed by atoms with van der Waals surface area (Å²) in [6.07, 6.45) is 2.40. The summed E-state index contributed by atoms with van der Waals surface area (Å²) in [5.41, 5.74) is 4.42. The highest BCUT2D eigenvalue weighted by Gasteiger charge is 2.08. The first-order chi connectivity index (χ1) is 9.19. The lowest BCUT2D eigenvalue weighted by atomic mass is 10.1. The lowest BCUT2D eigenvalue weighted by molar-refractivity contribution is -0.131. The molecule has 0 aliphatic heterocycles. The minimum atomic E-state index is -0.197. The summed E-state index contributed by atoms with van der Waals surface area (Å²) in [7, 11) is 1.40. The van der Waals surface area contributed by atoms with Crippen LogP contribution < -0.4 is 5.48 Å². The Morgan fingerprint density at radius 2 is 2.11 bits per heavy atom. The number of carbonyl (C=O) groups excluding carboxylic acids is 1. The standard InChI is InChI=1S/C14H16N2O3/c1-10-3-5-11(6-4-10)12-9-15-14(19-12)8-7-13(17)16-18-2/h3-6,9H,7-8H2,1-2H3,(H,16,17). The molecule has 100 valence electrons. The number of nitrogens with one attached hydrogen (secondary N) is 1. The van der Waals surface area contributed by atoms with Gasteiger partial charge in [0.1, 0.15) is 0 Å². The molecule has 2 rings (SSSR count). The zero-order valence-electron chi connectivity index (χ0n) is 11.0. The average Bonchev–Trinajstić information content (AvgIpc) is 2.86. The van der Waals surface area contributed by atoms with Gasteiger partial charge < -0.3 is 4.42 Å². The molecule has 19 heavy (non-hydrogen) atoms. The van der Waals surface area contributed by atoms with E-state index in [4.69, 9.17) is 4.42 Å². The molecule has 1 N–H and O–H groups in total. The van der Waals surface area contributed by atoms with Crippen LogP contribution in [0.1, 0.15) is 17.9 Å². The molecule has 0 unspecified atom stereocenters. The summed E-state index contributed by atoms with van der Waals surface area (Å²) >= 11 is 0. The van der Waals surface area contributed by atoms with Crippen LogP contribution in [0, 0.1) is 6.92 Å². The molecule has 0 saturated carbocycles. The quantitative estimate of drug-likeness (QED) is 0.837. The first-order valence-electron chi connectivity index (χ1n) is 6.02. The number of carbonyl (C=O) groups is 1. The lowest BCUT2D eigenvalue weighted by Crippen LogP contribution is -2.21. The van der Waals surface area contributed by atoms with Crippen LogP contribution in [0.15, 0.2) is 34.9 Å². The number of oxazole rings is 1. The summed E-state index contributed by atoms with van der Waals surface area (Å²) in [5.74, 6) is 1.06. The van der Waals surface area contributed by atoms with E-state index >= 15 is 0 Å². The average molecular weight is 260 g/mol. The van der Waals surface area contributed by atoms with Crippen molar-refractivity contribution in [1.29, 1.82) is 0 Å². The smallest absolute Gasteiger partial charge is 0.244 e. The second-order valence-electron chi connectivity index (χ2n) is 4.21. The number of rotatable bonds is 5. The highest BCUT2D eigenvalue weighted by atomic mass is 16.6. The fourth-order valence-corrected chi connectivity index (χ4v) is 1.66. The van der Waals surface area contributed by atoms with E-state index in [2.05, 4.69) is 15.3 Å². The Balaban J connectivity index is 1.99. The van der Waals surface area contributed by atoms with E-state index in [0.717, 1.165) is 5.56 Å². The predicted octanol–water partition coefficient (Wildman–Crippen LogP) is 2.26. The molecule has 0 aliphatic carbocycles. The van der Waals surface area contributed by atoms with Crippen molar-refractivity contribution in [1.82, 2.24) is 10.5 Å². The Labute approximate surface area is 111 Å². The maximum Gasteiger partial charge on any atom is 0.244 e. The second-order valence-corrected chi connectivity index (χ2v) is 4.21. The molecule has 0 atom stereocenters. The summed E-state index contributed by atoms with van der Waals surface area (Å²) in [6, 6.07) is 8.00. The number of benzene rings is 1. The predicted molar refractivity (Wildman–Crippen MR) is 70.1 cm³/mol. The van der Waals surface area contributed by atoms with Crippen LogP contribution in [0.25, 0.3) is 11.3 Å². The minimum Gasteiger partial charge on any atom is -0.441 e. The zero-order valence-corrected chi connectivity index (χ0v) is 11.0. The third kappa shape index (κ3) is 3.66. The van der Waals surface area contributed by atoms with Crippen molar-refractivity contribution in [3.63, 3.8) is 0 Å². The van der Waals surface area contributed by atoms with E-state index in [1.165, 1.54) is 12.7 Å². The molecule has 0 saturated heterocycles. The fourth-order valence-electron chi connectivity index (χ4n) is 1.66. The van der Waals surface area contributed by atoms with E-state index in [9.17, 15) is 4.79 Å². The van der Waals surface area contributed by atoms with Gasteiger partial charge in [-0.1, -0.05) is 29.8 Å². The van der Waals surface area contributed by atoms with Gasteiger partial charge in [0.2, 0.25) is 5.91 Å². The molecular formula is C14H16N2O3. The summed E-state index contributed by atoms with van der Waals surface area (Å²) < 4.78 is 5.61.